The van der Waals surface area contributed by atoms with Gasteiger partial charge in [0.2, 0.25) is 0 Å². The summed E-state index contributed by atoms with van der Waals surface area (Å²) < 4.78 is 0. The monoisotopic (exact) mass is 239 g/mol. The molecule has 0 spiro atoms. The molecule has 18 heavy (non-hydrogen) atoms. The molecule has 3 rings (SSSR count). The van der Waals surface area contributed by atoms with E-state index >= 15 is 0 Å². The van der Waals surface area contributed by atoms with E-state index in [1.807, 2.05) is 18.3 Å². The van der Waals surface area contributed by atoms with Crippen molar-refractivity contribution in [3.05, 3.63) is 59.9 Å². The molecule has 0 aliphatic carbocycles. The molecule has 1 aromatic heterocycles. The molecule has 3 nitrogen and oxygen atoms in total. The van der Waals surface area contributed by atoms with Crippen molar-refractivity contribution in [1.29, 1.82) is 0 Å². The molecular weight excluding hydrogens is 222 g/mol. The van der Waals surface area contributed by atoms with Gasteiger partial charge in [-0.2, -0.15) is 0 Å². The van der Waals surface area contributed by atoms with Gasteiger partial charge in [0.1, 0.15) is 0 Å². The number of rotatable bonds is 3. The highest BCUT2D eigenvalue weighted by Gasteiger charge is 2.26. The van der Waals surface area contributed by atoms with Gasteiger partial charge in [0.15, 0.2) is 0 Å². The lowest BCUT2D eigenvalue weighted by Crippen LogP contribution is -2.32. The molecule has 3 heteroatoms. The molecule has 0 fully saturated rings. The minimum Gasteiger partial charge on any atom is -0.361 e. The van der Waals surface area contributed by atoms with Crippen molar-refractivity contribution >= 4 is 5.69 Å². The van der Waals surface area contributed by atoms with Gasteiger partial charge in [-0.3, -0.25) is 4.98 Å². The van der Waals surface area contributed by atoms with E-state index in [0.717, 1.165) is 18.7 Å². The molecule has 1 unspecified atom stereocenters. The Kier molecular flexibility index (Phi) is 2.99. The summed E-state index contributed by atoms with van der Waals surface area (Å²) in [6, 6.07) is 14.7. The lowest BCUT2D eigenvalue weighted by atomic mass is 10.1. The molecule has 0 amide bonds. The molecule has 0 saturated heterocycles. The number of pyridine rings is 1. The summed E-state index contributed by atoms with van der Waals surface area (Å²) in [4.78, 5) is 6.82. The molecule has 0 bridgehead atoms. The van der Waals surface area contributed by atoms with Gasteiger partial charge in [0, 0.05) is 25.0 Å². The molecule has 1 aromatic carbocycles. The van der Waals surface area contributed by atoms with Crippen molar-refractivity contribution in [2.45, 2.75) is 12.5 Å². The van der Waals surface area contributed by atoms with Crippen LogP contribution in [0.4, 0.5) is 5.69 Å². The average Bonchev–Trinajstić information content (AvgIpc) is 2.85. The van der Waals surface area contributed by atoms with E-state index in [-0.39, 0.29) is 6.04 Å². The van der Waals surface area contributed by atoms with Crippen LogP contribution in [0.3, 0.4) is 0 Å². The Hall–Kier alpha value is -1.87. The quantitative estimate of drug-likeness (QED) is 0.892. The summed E-state index contributed by atoms with van der Waals surface area (Å²) in [5.74, 6) is 0. The Balaban J connectivity index is 1.95. The number of nitrogens with zero attached hydrogens (tertiary/aromatic N) is 2. The SMILES string of the molecule is NCC(c1ccccn1)N1CCc2ccccc21. The number of benzene rings is 1. The van der Waals surface area contributed by atoms with Gasteiger partial charge in [-0.1, -0.05) is 24.3 Å². The van der Waals surface area contributed by atoms with Gasteiger partial charge in [-0.25, -0.2) is 0 Å². The van der Waals surface area contributed by atoms with E-state index in [4.69, 9.17) is 5.73 Å². The Morgan fingerprint density at radius 3 is 2.78 bits per heavy atom. The molecule has 92 valence electrons. The topological polar surface area (TPSA) is 42.1 Å². The summed E-state index contributed by atoms with van der Waals surface area (Å²) in [7, 11) is 0. The Morgan fingerprint density at radius 2 is 2.00 bits per heavy atom. The number of anilines is 1. The maximum absolute atomic E-state index is 5.96. The van der Waals surface area contributed by atoms with Crippen LogP contribution in [0.15, 0.2) is 48.7 Å². The third kappa shape index (κ3) is 1.87. The lowest BCUT2D eigenvalue weighted by molar-refractivity contribution is 0.632. The summed E-state index contributed by atoms with van der Waals surface area (Å²) in [5.41, 5.74) is 9.73. The third-order valence-corrected chi connectivity index (χ3v) is 3.55. The van der Waals surface area contributed by atoms with Gasteiger partial charge in [0.25, 0.3) is 0 Å². The van der Waals surface area contributed by atoms with Crippen LogP contribution >= 0.6 is 0 Å². The van der Waals surface area contributed by atoms with Crippen LogP contribution in [-0.2, 0) is 6.42 Å². The fraction of sp³-hybridized carbons (Fsp3) is 0.267. The van der Waals surface area contributed by atoms with E-state index < -0.39 is 0 Å². The molecule has 1 atom stereocenters. The number of hydrogen-bond donors (Lipinski definition) is 1. The Bertz CT molecular complexity index is 524. The van der Waals surface area contributed by atoms with Gasteiger partial charge in [-0.15, -0.1) is 0 Å². The minimum atomic E-state index is 0.176. The second kappa shape index (κ2) is 4.78. The van der Waals surface area contributed by atoms with Crippen molar-refractivity contribution in [2.24, 2.45) is 5.73 Å². The fourth-order valence-electron chi connectivity index (χ4n) is 2.67. The van der Waals surface area contributed by atoms with Crippen LogP contribution in [0, 0.1) is 0 Å². The number of hydrogen-bond acceptors (Lipinski definition) is 3. The number of nitrogens with two attached hydrogens (primary N) is 1. The first-order valence-corrected chi connectivity index (χ1v) is 6.35. The second-order valence-electron chi connectivity index (χ2n) is 4.58. The lowest BCUT2D eigenvalue weighted by Gasteiger charge is -2.28. The zero-order valence-corrected chi connectivity index (χ0v) is 10.3. The molecule has 2 heterocycles. The highest BCUT2D eigenvalue weighted by Crippen LogP contribution is 2.33. The average molecular weight is 239 g/mol. The highest BCUT2D eigenvalue weighted by atomic mass is 15.2. The van der Waals surface area contributed by atoms with Crippen molar-refractivity contribution < 1.29 is 0 Å². The number of para-hydroxylation sites is 1. The van der Waals surface area contributed by atoms with Crippen LogP contribution in [0.1, 0.15) is 17.3 Å². The largest absolute Gasteiger partial charge is 0.361 e. The zero-order chi connectivity index (χ0) is 12.4. The van der Waals surface area contributed by atoms with Gasteiger partial charge in [0.05, 0.1) is 11.7 Å². The maximum Gasteiger partial charge on any atom is 0.0835 e. The summed E-state index contributed by atoms with van der Waals surface area (Å²) in [6.45, 7) is 1.61. The van der Waals surface area contributed by atoms with Gasteiger partial charge >= 0.3 is 0 Å². The first kappa shape index (κ1) is 11.2. The summed E-state index contributed by atoms with van der Waals surface area (Å²) >= 11 is 0. The highest BCUT2D eigenvalue weighted by molar-refractivity contribution is 5.59. The summed E-state index contributed by atoms with van der Waals surface area (Å²) in [5, 5.41) is 0. The molecule has 0 radical (unpaired) electrons. The second-order valence-corrected chi connectivity index (χ2v) is 4.58. The van der Waals surface area contributed by atoms with E-state index in [9.17, 15) is 0 Å². The van der Waals surface area contributed by atoms with Gasteiger partial charge in [-0.05, 0) is 30.2 Å². The number of aromatic nitrogens is 1. The number of fused-ring (bicyclic) bond motifs is 1. The van der Waals surface area contributed by atoms with E-state index in [1.54, 1.807) is 0 Å². The van der Waals surface area contributed by atoms with Crippen LogP contribution in [-0.4, -0.2) is 18.1 Å². The molecule has 1 aliphatic heterocycles. The van der Waals surface area contributed by atoms with E-state index in [1.165, 1.54) is 11.3 Å². The van der Waals surface area contributed by atoms with Crippen LogP contribution < -0.4 is 10.6 Å². The molecule has 2 N–H and O–H groups in total. The van der Waals surface area contributed by atoms with Crippen molar-refractivity contribution in [2.75, 3.05) is 18.0 Å². The van der Waals surface area contributed by atoms with E-state index in [0.29, 0.717) is 6.54 Å². The maximum atomic E-state index is 5.96. The van der Waals surface area contributed by atoms with E-state index in [2.05, 4.69) is 40.2 Å². The van der Waals surface area contributed by atoms with Crippen molar-refractivity contribution in [1.82, 2.24) is 4.98 Å². The standard InChI is InChI=1S/C15H17N3/c16-11-15(13-6-3-4-9-17-13)18-10-8-12-5-1-2-7-14(12)18/h1-7,9,15H,8,10-11,16H2. The fourth-order valence-corrected chi connectivity index (χ4v) is 2.67. The predicted molar refractivity (Wildman–Crippen MR) is 73.5 cm³/mol. The first-order valence-electron chi connectivity index (χ1n) is 6.35. The van der Waals surface area contributed by atoms with Crippen LogP contribution in [0.2, 0.25) is 0 Å². The normalized spacial score (nSPS) is 15.5. The zero-order valence-electron chi connectivity index (χ0n) is 10.3. The Labute approximate surface area is 107 Å². The molecular formula is C15H17N3. The van der Waals surface area contributed by atoms with Crippen molar-refractivity contribution in [3.8, 4) is 0 Å². The Morgan fingerprint density at radius 1 is 1.17 bits per heavy atom. The molecule has 0 saturated carbocycles. The molecule has 2 aromatic rings. The minimum absolute atomic E-state index is 0.176. The third-order valence-electron chi connectivity index (χ3n) is 3.55. The smallest absolute Gasteiger partial charge is 0.0835 e. The first-order chi connectivity index (χ1) is 8.90. The van der Waals surface area contributed by atoms with Crippen LogP contribution in [0.25, 0.3) is 0 Å². The molecule has 1 aliphatic rings. The van der Waals surface area contributed by atoms with Gasteiger partial charge < -0.3 is 10.6 Å². The van der Waals surface area contributed by atoms with Crippen molar-refractivity contribution in [3.63, 3.8) is 0 Å². The summed E-state index contributed by atoms with van der Waals surface area (Å²) in [6.07, 6.45) is 2.93. The van der Waals surface area contributed by atoms with Crippen LogP contribution in [0.5, 0.6) is 0 Å². The predicted octanol–water partition coefficient (Wildman–Crippen LogP) is 2.14.